The average molecular weight is 113 g/mol. The van der Waals surface area contributed by atoms with E-state index in [0.29, 0.717) is 13.0 Å². The fraction of sp³-hybridized carbons (Fsp3) is 0.600. The van der Waals surface area contributed by atoms with Gasteiger partial charge in [-0.15, -0.1) is 0 Å². The number of rotatable bonds is 2. The van der Waals surface area contributed by atoms with Crippen LogP contribution in [0, 0.1) is 6.57 Å². The van der Waals surface area contributed by atoms with Gasteiger partial charge in [0.05, 0.1) is 0 Å². The summed E-state index contributed by atoms with van der Waals surface area (Å²) in [6.07, 6.45) is 0.382. The summed E-state index contributed by atoms with van der Waals surface area (Å²) in [5, 5.41) is 2.45. The van der Waals surface area contributed by atoms with Crippen molar-refractivity contribution >= 4 is 5.91 Å². The molecule has 3 heteroatoms. The van der Waals surface area contributed by atoms with Gasteiger partial charge in [0.1, 0.15) is 6.42 Å². The van der Waals surface area contributed by atoms with Crippen LogP contribution in [0.5, 0.6) is 0 Å². The fourth-order valence-corrected chi connectivity index (χ4v) is 0.291. The molecule has 0 spiro atoms. The second-order valence-electron chi connectivity index (χ2n) is 1.33. The predicted molar refractivity (Wildman–Crippen MR) is 31.9 cm³/mol. The highest BCUT2D eigenvalue weighted by atomic mass is 16.1. The average Bonchev–Trinajstić information content (AvgIpc) is 1.83. The molecule has 0 aliphatic heterocycles. The number of hydrogen-bond acceptors (Lipinski definition) is 1. The molecule has 44 valence electrons. The maximum atomic E-state index is 10.3. The Kier molecular flexibility index (Phi) is 3.59. The number of nitrogens with zero attached hydrogens (tertiary/aromatic N) is 1. The topological polar surface area (TPSA) is 33.5 Å². The van der Waals surface area contributed by atoms with Gasteiger partial charge < -0.3 is 5.32 Å². The minimum absolute atomic E-state index is 0.0285. The van der Waals surface area contributed by atoms with E-state index in [1.807, 2.05) is 0 Å². The molecule has 0 aliphatic rings. The molecule has 0 fully saturated rings. The van der Waals surface area contributed by atoms with E-state index >= 15 is 0 Å². The Hall–Kier alpha value is -1.04. The Labute approximate surface area is 48.5 Å². The molecule has 3 nitrogen and oxygen atoms in total. The lowest BCUT2D eigenvalue weighted by molar-refractivity contribution is -0.120. The second-order valence-corrected chi connectivity index (χ2v) is 1.33. The summed E-state index contributed by atoms with van der Waals surface area (Å²) >= 11 is 0. The first-order valence-corrected chi connectivity index (χ1v) is 2.38. The Balaban J connectivity index is 3.15. The number of amides is 1. The van der Waals surface area contributed by atoms with Crippen LogP contribution < -0.4 is 5.32 Å². The summed E-state index contributed by atoms with van der Waals surface area (Å²) in [7, 11) is 1.58. The smallest absolute Gasteiger partial charge is 0.272 e. The van der Waals surface area contributed by atoms with Crippen molar-refractivity contribution in [2.75, 3.05) is 13.6 Å². The van der Waals surface area contributed by atoms with Gasteiger partial charge in [-0.1, -0.05) is 4.85 Å². The van der Waals surface area contributed by atoms with Crippen LogP contribution >= 0.6 is 0 Å². The van der Waals surface area contributed by atoms with Gasteiger partial charge in [-0.05, 0) is 0 Å². The van der Waals surface area contributed by atoms with Crippen molar-refractivity contribution < 1.29 is 4.79 Å². The van der Waals surface area contributed by atoms with E-state index in [2.05, 4.69) is 10.2 Å². The van der Waals surface area contributed by atoms with Crippen LogP contribution in [0.1, 0.15) is 6.42 Å². The summed E-state index contributed by atoms with van der Waals surface area (Å²) < 4.78 is 0. The number of carbonyl (C=O) groups excluding carboxylic acids is 1. The van der Waals surface area contributed by atoms with Crippen LogP contribution in [0.15, 0.2) is 0 Å². The molecular formula is C5H9N2O+. The SMILES string of the molecule is C#[N+]CCC(=O)NC. The van der Waals surface area contributed by atoms with Crippen molar-refractivity contribution in [2.45, 2.75) is 6.42 Å². The zero-order valence-corrected chi connectivity index (χ0v) is 4.85. The number of hydrogen-bond donors (Lipinski definition) is 1. The van der Waals surface area contributed by atoms with Crippen LogP contribution in [0.4, 0.5) is 0 Å². The maximum Gasteiger partial charge on any atom is 0.272 e. The van der Waals surface area contributed by atoms with Gasteiger partial charge in [-0.25, -0.2) is 0 Å². The zero-order chi connectivity index (χ0) is 6.41. The van der Waals surface area contributed by atoms with Crippen molar-refractivity contribution in [3.8, 4) is 6.57 Å². The van der Waals surface area contributed by atoms with Crippen molar-refractivity contribution in [1.82, 2.24) is 5.32 Å². The lowest BCUT2D eigenvalue weighted by Gasteiger charge is -1.87. The van der Waals surface area contributed by atoms with Crippen molar-refractivity contribution in [2.24, 2.45) is 0 Å². The zero-order valence-electron chi connectivity index (χ0n) is 4.85. The van der Waals surface area contributed by atoms with Gasteiger partial charge in [0.15, 0.2) is 0 Å². The highest BCUT2D eigenvalue weighted by Gasteiger charge is 1.98. The molecule has 1 N–H and O–H groups in total. The van der Waals surface area contributed by atoms with Crippen molar-refractivity contribution in [3.63, 3.8) is 0 Å². The summed E-state index contributed by atoms with van der Waals surface area (Å²) in [6.45, 7) is 5.18. The summed E-state index contributed by atoms with van der Waals surface area (Å²) in [4.78, 5) is 13.6. The summed E-state index contributed by atoms with van der Waals surface area (Å²) in [5.74, 6) is -0.0285. The van der Waals surface area contributed by atoms with Crippen LogP contribution in [-0.2, 0) is 4.79 Å². The molecule has 8 heavy (non-hydrogen) atoms. The van der Waals surface area contributed by atoms with E-state index in [1.165, 1.54) is 0 Å². The van der Waals surface area contributed by atoms with E-state index in [0.717, 1.165) is 0 Å². The van der Waals surface area contributed by atoms with E-state index in [9.17, 15) is 4.79 Å². The van der Waals surface area contributed by atoms with Gasteiger partial charge in [0, 0.05) is 7.05 Å². The first-order chi connectivity index (χ1) is 3.81. The third kappa shape index (κ3) is 3.16. The Morgan fingerprint density at radius 1 is 1.88 bits per heavy atom. The molecule has 0 atom stereocenters. The first-order valence-electron chi connectivity index (χ1n) is 2.38. The molecule has 0 aromatic carbocycles. The maximum absolute atomic E-state index is 10.3. The minimum atomic E-state index is -0.0285. The van der Waals surface area contributed by atoms with Gasteiger partial charge in [0.25, 0.3) is 13.1 Å². The summed E-state index contributed by atoms with van der Waals surface area (Å²) in [5.41, 5.74) is 0. The van der Waals surface area contributed by atoms with Crippen LogP contribution in [0.25, 0.3) is 4.85 Å². The monoisotopic (exact) mass is 113 g/mol. The third-order valence-electron chi connectivity index (χ3n) is 0.747. The Morgan fingerprint density at radius 3 is 2.88 bits per heavy atom. The lowest BCUT2D eigenvalue weighted by atomic mass is 10.4. The summed E-state index contributed by atoms with van der Waals surface area (Å²) in [6, 6.07) is 0. The molecule has 0 aromatic rings. The molecule has 0 heterocycles. The molecular weight excluding hydrogens is 104 g/mol. The quantitative estimate of drug-likeness (QED) is 0.540. The number of carbonyl (C=O) groups is 1. The molecule has 0 saturated carbocycles. The Morgan fingerprint density at radius 2 is 2.50 bits per heavy atom. The van der Waals surface area contributed by atoms with Gasteiger partial charge >= 0.3 is 0 Å². The third-order valence-corrected chi connectivity index (χ3v) is 0.747. The molecule has 0 saturated heterocycles. The van der Waals surface area contributed by atoms with E-state index in [4.69, 9.17) is 6.57 Å². The molecule has 0 radical (unpaired) electrons. The Bertz CT molecular complexity index is 114. The number of nitrogens with one attached hydrogen (secondary N) is 1. The van der Waals surface area contributed by atoms with Gasteiger partial charge in [-0.2, -0.15) is 0 Å². The van der Waals surface area contributed by atoms with Crippen molar-refractivity contribution in [1.29, 1.82) is 0 Å². The minimum Gasteiger partial charge on any atom is -0.359 e. The fourth-order valence-electron chi connectivity index (χ4n) is 0.291. The van der Waals surface area contributed by atoms with E-state index < -0.39 is 0 Å². The molecule has 0 unspecified atom stereocenters. The normalized spacial score (nSPS) is 7.50. The highest BCUT2D eigenvalue weighted by molar-refractivity contribution is 5.75. The highest BCUT2D eigenvalue weighted by Crippen LogP contribution is 1.77. The molecule has 0 bridgehead atoms. The van der Waals surface area contributed by atoms with Crippen molar-refractivity contribution in [3.05, 3.63) is 4.85 Å². The van der Waals surface area contributed by atoms with E-state index in [1.54, 1.807) is 7.05 Å². The van der Waals surface area contributed by atoms with Crippen LogP contribution in [-0.4, -0.2) is 19.5 Å². The van der Waals surface area contributed by atoms with Crippen LogP contribution in [0.2, 0.25) is 0 Å². The van der Waals surface area contributed by atoms with E-state index in [-0.39, 0.29) is 5.91 Å². The lowest BCUT2D eigenvalue weighted by Crippen LogP contribution is -2.17. The van der Waals surface area contributed by atoms with Gasteiger partial charge in [-0.3, -0.25) is 4.79 Å². The van der Waals surface area contributed by atoms with Gasteiger partial charge in [0.2, 0.25) is 5.91 Å². The van der Waals surface area contributed by atoms with Crippen LogP contribution in [0.3, 0.4) is 0 Å². The molecule has 0 aliphatic carbocycles. The standard InChI is InChI=1S/C5H8N2O/c1-6-4-3-5(8)7-2/h1H,3-4H2,2H3/p+1. The molecule has 0 rings (SSSR count). The largest absolute Gasteiger partial charge is 0.359 e. The molecule has 1 amide bonds. The molecule has 0 aromatic heterocycles. The second kappa shape index (κ2) is 4.13. The first kappa shape index (κ1) is 6.96. The predicted octanol–water partition coefficient (Wildman–Crippen LogP) is 0.0852.